The second kappa shape index (κ2) is 3.63. The third kappa shape index (κ3) is 2.07. The first-order valence-corrected chi connectivity index (χ1v) is 5.82. The Bertz CT molecular complexity index is 340. The van der Waals surface area contributed by atoms with E-state index < -0.39 is 0 Å². The van der Waals surface area contributed by atoms with E-state index in [9.17, 15) is 0 Å². The minimum atomic E-state index is 0.172. The standard InChI is InChI=1S/C12H21N3/c1-4-5-15-8-9(7-14-15)11(13)10-6-12(10,2)3/h7-8,10-11H,4-6,13H2,1-3H3. The number of rotatable bonds is 4. The maximum absolute atomic E-state index is 6.23. The molecule has 1 fully saturated rings. The van der Waals surface area contributed by atoms with Gasteiger partial charge in [-0.15, -0.1) is 0 Å². The first-order valence-electron chi connectivity index (χ1n) is 5.82. The average Bonchev–Trinajstić information content (AvgIpc) is 2.64. The fraction of sp³-hybridized carbons (Fsp3) is 0.750. The van der Waals surface area contributed by atoms with Crippen molar-refractivity contribution in [1.82, 2.24) is 9.78 Å². The van der Waals surface area contributed by atoms with Gasteiger partial charge in [0.15, 0.2) is 0 Å². The first kappa shape index (κ1) is 10.7. The fourth-order valence-corrected chi connectivity index (χ4v) is 2.26. The molecule has 1 aromatic rings. The summed E-state index contributed by atoms with van der Waals surface area (Å²) in [5, 5.41) is 4.32. The summed E-state index contributed by atoms with van der Waals surface area (Å²) in [5.74, 6) is 0.636. The third-order valence-electron chi connectivity index (χ3n) is 3.51. The fourth-order valence-electron chi connectivity index (χ4n) is 2.26. The lowest BCUT2D eigenvalue weighted by molar-refractivity contribution is 0.490. The Morgan fingerprint density at radius 1 is 1.67 bits per heavy atom. The van der Waals surface area contributed by atoms with E-state index in [4.69, 9.17) is 5.73 Å². The van der Waals surface area contributed by atoms with Crippen LogP contribution in [-0.2, 0) is 6.54 Å². The second-order valence-electron chi connectivity index (χ2n) is 5.36. The predicted molar refractivity (Wildman–Crippen MR) is 61.3 cm³/mol. The van der Waals surface area contributed by atoms with Gasteiger partial charge in [-0.2, -0.15) is 5.10 Å². The van der Waals surface area contributed by atoms with Gasteiger partial charge in [-0.3, -0.25) is 4.68 Å². The molecular weight excluding hydrogens is 186 g/mol. The van der Waals surface area contributed by atoms with Crippen LogP contribution in [-0.4, -0.2) is 9.78 Å². The van der Waals surface area contributed by atoms with Crippen molar-refractivity contribution in [3.8, 4) is 0 Å². The van der Waals surface area contributed by atoms with E-state index in [1.807, 2.05) is 10.9 Å². The van der Waals surface area contributed by atoms with Crippen molar-refractivity contribution in [3.63, 3.8) is 0 Å². The molecule has 0 amide bonds. The number of aryl methyl sites for hydroxylation is 1. The van der Waals surface area contributed by atoms with E-state index in [1.165, 1.54) is 12.0 Å². The molecule has 0 saturated heterocycles. The molecule has 2 atom stereocenters. The number of nitrogens with zero attached hydrogens (tertiary/aromatic N) is 2. The van der Waals surface area contributed by atoms with Gasteiger partial charge >= 0.3 is 0 Å². The first-order chi connectivity index (χ1) is 7.04. The van der Waals surface area contributed by atoms with Crippen LogP contribution in [0.15, 0.2) is 12.4 Å². The molecule has 2 N–H and O–H groups in total. The van der Waals surface area contributed by atoms with Crippen molar-refractivity contribution in [2.75, 3.05) is 0 Å². The molecule has 1 saturated carbocycles. The summed E-state index contributed by atoms with van der Waals surface area (Å²) in [6.45, 7) is 7.72. The summed E-state index contributed by atoms with van der Waals surface area (Å²) in [4.78, 5) is 0. The topological polar surface area (TPSA) is 43.8 Å². The molecule has 84 valence electrons. The maximum atomic E-state index is 6.23. The molecule has 1 aliphatic carbocycles. The van der Waals surface area contributed by atoms with Crippen LogP contribution in [0.4, 0.5) is 0 Å². The van der Waals surface area contributed by atoms with Crippen LogP contribution in [0.25, 0.3) is 0 Å². The van der Waals surface area contributed by atoms with Gasteiger partial charge in [0.05, 0.1) is 6.20 Å². The van der Waals surface area contributed by atoms with Gasteiger partial charge in [-0.25, -0.2) is 0 Å². The van der Waals surface area contributed by atoms with Crippen molar-refractivity contribution in [1.29, 1.82) is 0 Å². The van der Waals surface area contributed by atoms with Gasteiger partial charge in [0.2, 0.25) is 0 Å². The normalized spacial score (nSPS) is 25.2. The van der Waals surface area contributed by atoms with Crippen molar-refractivity contribution < 1.29 is 0 Å². The Labute approximate surface area is 91.7 Å². The van der Waals surface area contributed by atoms with Gasteiger partial charge in [-0.05, 0) is 24.2 Å². The third-order valence-corrected chi connectivity index (χ3v) is 3.51. The molecule has 2 rings (SSSR count). The molecule has 0 spiro atoms. The Morgan fingerprint density at radius 2 is 2.33 bits per heavy atom. The molecule has 2 unspecified atom stereocenters. The SMILES string of the molecule is CCCn1cc(C(N)C2CC2(C)C)cn1. The molecule has 15 heavy (non-hydrogen) atoms. The zero-order valence-electron chi connectivity index (χ0n) is 9.90. The molecule has 1 heterocycles. The Kier molecular flexibility index (Phi) is 2.59. The molecule has 0 bridgehead atoms. The molecule has 0 aliphatic heterocycles. The van der Waals surface area contributed by atoms with E-state index >= 15 is 0 Å². The van der Waals surface area contributed by atoms with E-state index in [-0.39, 0.29) is 6.04 Å². The summed E-state index contributed by atoms with van der Waals surface area (Å²) >= 11 is 0. The molecular formula is C12H21N3. The molecule has 1 aliphatic rings. The van der Waals surface area contributed by atoms with Crippen LogP contribution in [0.5, 0.6) is 0 Å². The summed E-state index contributed by atoms with van der Waals surface area (Å²) in [5.41, 5.74) is 7.86. The minimum Gasteiger partial charge on any atom is -0.324 e. The van der Waals surface area contributed by atoms with Gasteiger partial charge in [0.1, 0.15) is 0 Å². The lowest BCUT2D eigenvalue weighted by Gasteiger charge is -2.10. The van der Waals surface area contributed by atoms with Gasteiger partial charge < -0.3 is 5.73 Å². The molecule has 0 aromatic carbocycles. The lowest BCUT2D eigenvalue weighted by atomic mass is 10.0. The maximum Gasteiger partial charge on any atom is 0.0537 e. The van der Waals surface area contributed by atoms with Crippen molar-refractivity contribution in [2.24, 2.45) is 17.1 Å². The monoisotopic (exact) mass is 207 g/mol. The van der Waals surface area contributed by atoms with Crippen LogP contribution in [0, 0.1) is 11.3 Å². The second-order valence-corrected chi connectivity index (χ2v) is 5.36. The zero-order chi connectivity index (χ0) is 11.1. The van der Waals surface area contributed by atoms with Crippen molar-refractivity contribution in [2.45, 2.75) is 46.2 Å². The van der Waals surface area contributed by atoms with Crippen LogP contribution >= 0.6 is 0 Å². The summed E-state index contributed by atoms with van der Waals surface area (Å²) in [6, 6.07) is 0.172. The summed E-state index contributed by atoms with van der Waals surface area (Å²) in [6.07, 6.45) is 6.38. The summed E-state index contributed by atoms with van der Waals surface area (Å²) in [7, 11) is 0. The van der Waals surface area contributed by atoms with E-state index in [0.29, 0.717) is 11.3 Å². The molecule has 3 heteroatoms. The number of nitrogens with two attached hydrogens (primary N) is 1. The highest BCUT2D eigenvalue weighted by atomic mass is 15.3. The van der Waals surface area contributed by atoms with Crippen LogP contribution in [0.2, 0.25) is 0 Å². The van der Waals surface area contributed by atoms with Gasteiger partial charge in [0, 0.05) is 24.3 Å². The van der Waals surface area contributed by atoms with Crippen LogP contribution < -0.4 is 5.73 Å². The molecule has 1 aromatic heterocycles. The Balaban J connectivity index is 2.03. The highest BCUT2D eigenvalue weighted by molar-refractivity contribution is 5.16. The van der Waals surface area contributed by atoms with Crippen molar-refractivity contribution in [3.05, 3.63) is 18.0 Å². The summed E-state index contributed by atoms with van der Waals surface area (Å²) < 4.78 is 1.99. The number of hydrogen-bond donors (Lipinski definition) is 1. The average molecular weight is 207 g/mol. The Morgan fingerprint density at radius 3 is 2.87 bits per heavy atom. The van der Waals surface area contributed by atoms with Crippen LogP contribution in [0.3, 0.4) is 0 Å². The van der Waals surface area contributed by atoms with Gasteiger partial charge in [-0.1, -0.05) is 20.8 Å². The van der Waals surface area contributed by atoms with E-state index in [0.717, 1.165) is 13.0 Å². The largest absolute Gasteiger partial charge is 0.324 e. The van der Waals surface area contributed by atoms with E-state index in [2.05, 4.69) is 32.1 Å². The highest BCUT2D eigenvalue weighted by Gasteiger charge is 2.49. The molecule has 0 radical (unpaired) electrons. The number of hydrogen-bond acceptors (Lipinski definition) is 2. The zero-order valence-corrected chi connectivity index (χ0v) is 9.90. The predicted octanol–water partition coefficient (Wildman–Crippen LogP) is 2.34. The van der Waals surface area contributed by atoms with Gasteiger partial charge in [0.25, 0.3) is 0 Å². The molecule has 3 nitrogen and oxygen atoms in total. The Hall–Kier alpha value is -0.830. The van der Waals surface area contributed by atoms with Crippen molar-refractivity contribution >= 4 is 0 Å². The lowest BCUT2D eigenvalue weighted by Crippen LogP contribution is -2.14. The number of aromatic nitrogens is 2. The minimum absolute atomic E-state index is 0.172. The smallest absolute Gasteiger partial charge is 0.0537 e. The highest BCUT2D eigenvalue weighted by Crippen LogP contribution is 2.56. The van der Waals surface area contributed by atoms with Crippen LogP contribution in [0.1, 0.15) is 45.2 Å². The van der Waals surface area contributed by atoms with E-state index in [1.54, 1.807) is 0 Å². The quantitative estimate of drug-likeness (QED) is 0.823.